The fourth-order valence-electron chi connectivity index (χ4n) is 1.48. The predicted molar refractivity (Wildman–Crippen MR) is 68.7 cm³/mol. The molecule has 0 spiro atoms. The first-order valence-electron chi connectivity index (χ1n) is 5.01. The van der Waals surface area contributed by atoms with E-state index in [1.165, 1.54) is 7.11 Å². The van der Waals surface area contributed by atoms with Crippen molar-refractivity contribution in [2.24, 2.45) is 0 Å². The maximum Gasteiger partial charge on any atom is 0.337 e. The molecule has 0 aliphatic rings. The van der Waals surface area contributed by atoms with Gasteiger partial charge < -0.3 is 4.74 Å². The molecule has 2 rings (SSSR count). The van der Waals surface area contributed by atoms with Crippen LogP contribution in [0.25, 0.3) is 11.3 Å². The van der Waals surface area contributed by atoms with E-state index < -0.39 is 0 Å². The van der Waals surface area contributed by atoms with Gasteiger partial charge in [0.15, 0.2) is 0 Å². The van der Waals surface area contributed by atoms with Gasteiger partial charge >= 0.3 is 5.97 Å². The highest BCUT2D eigenvalue weighted by atomic mass is 79.9. The third-order valence-corrected chi connectivity index (χ3v) is 2.79. The Morgan fingerprint density at radius 3 is 2.82 bits per heavy atom. The molecule has 0 amide bonds. The first-order chi connectivity index (χ1) is 8.20. The molecule has 0 N–H and O–H groups in total. The summed E-state index contributed by atoms with van der Waals surface area (Å²) in [6, 6.07) is 11.1. The quantitative estimate of drug-likeness (QED) is 0.797. The molecule has 17 heavy (non-hydrogen) atoms. The fraction of sp³-hybridized carbons (Fsp3) is 0.0769. The third kappa shape index (κ3) is 2.71. The molecular weight excluding hydrogens is 282 g/mol. The van der Waals surface area contributed by atoms with Crippen molar-refractivity contribution in [2.45, 2.75) is 0 Å². The van der Waals surface area contributed by atoms with Crippen molar-refractivity contribution in [3.63, 3.8) is 0 Å². The molecule has 0 radical (unpaired) electrons. The summed E-state index contributed by atoms with van der Waals surface area (Å²) in [5, 5.41) is 0. The summed E-state index contributed by atoms with van der Waals surface area (Å²) in [6.07, 6.45) is 1.60. The lowest BCUT2D eigenvalue weighted by Crippen LogP contribution is -2.01. The lowest BCUT2D eigenvalue weighted by molar-refractivity contribution is 0.0600. The number of methoxy groups -OCH3 is 1. The van der Waals surface area contributed by atoms with Gasteiger partial charge in [0.1, 0.15) is 0 Å². The van der Waals surface area contributed by atoms with Gasteiger partial charge in [0.05, 0.1) is 18.4 Å². The average Bonchev–Trinajstić information content (AvgIpc) is 2.38. The number of hydrogen-bond acceptors (Lipinski definition) is 3. The number of carbonyl (C=O) groups excluding carboxylic acids is 1. The number of ether oxygens (including phenoxy) is 1. The summed E-state index contributed by atoms with van der Waals surface area (Å²) < 4.78 is 5.65. The van der Waals surface area contributed by atoms with Gasteiger partial charge in [-0.1, -0.05) is 28.1 Å². The number of aromatic nitrogens is 1. The maximum atomic E-state index is 11.4. The van der Waals surface area contributed by atoms with Crippen molar-refractivity contribution in [2.75, 3.05) is 7.11 Å². The minimum atomic E-state index is -0.358. The zero-order valence-corrected chi connectivity index (χ0v) is 10.8. The van der Waals surface area contributed by atoms with Crippen molar-refractivity contribution in [3.8, 4) is 11.3 Å². The van der Waals surface area contributed by atoms with Gasteiger partial charge in [-0.15, -0.1) is 0 Å². The zero-order valence-electron chi connectivity index (χ0n) is 9.18. The first-order valence-corrected chi connectivity index (χ1v) is 5.80. The number of carbonyl (C=O) groups is 1. The number of esters is 1. The lowest BCUT2D eigenvalue weighted by Gasteiger charge is -2.03. The number of nitrogens with zero attached hydrogens (tertiary/aromatic N) is 1. The average molecular weight is 292 g/mol. The van der Waals surface area contributed by atoms with Crippen LogP contribution >= 0.6 is 15.9 Å². The molecule has 3 nitrogen and oxygen atoms in total. The minimum absolute atomic E-state index is 0.358. The molecule has 4 heteroatoms. The third-order valence-electron chi connectivity index (χ3n) is 2.30. The molecule has 0 unspecified atom stereocenters. The van der Waals surface area contributed by atoms with Crippen LogP contribution in [0.2, 0.25) is 0 Å². The van der Waals surface area contributed by atoms with E-state index in [4.69, 9.17) is 0 Å². The van der Waals surface area contributed by atoms with Crippen molar-refractivity contribution in [1.29, 1.82) is 0 Å². The summed E-state index contributed by atoms with van der Waals surface area (Å²) in [6.45, 7) is 0. The van der Waals surface area contributed by atoms with E-state index in [1.54, 1.807) is 18.3 Å². The van der Waals surface area contributed by atoms with Gasteiger partial charge in [-0.25, -0.2) is 4.79 Å². The van der Waals surface area contributed by atoms with Gasteiger partial charge in [-0.3, -0.25) is 4.98 Å². The monoisotopic (exact) mass is 291 g/mol. The summed E-state index contributed by atoms with van der Waals surface area (Å²) in [7, 11) is 1.36. The van der Waals surface area contributed by atoms with E-state index in [9.17, 15) is 4.79 Å². The number of hydrogen-bond donors (Lipinski definition) is 0. The SMILES string of the molecule is COC(=O)c1ccnc(-c2cccc(Br)c2)c1. The molecule has 1 aromatic carbocycles. The Bertz CT molecular complexity index is 555. The smallest absolute Gasteiger partial charge is 0.337 e. The van der Waals surface area contributed by atoms with E-state index in [1.807, 2.05) is 24.3 Å². The van der Waals surface area contributed by atoms with Crippen LogP contribution in [0.4, 0.5) is 0 Å². The summed E-state index contributed by atoms with van der Waals surface area (Å²) in [5.41, 5.74) is 2.19. The molecule has 0 saturated heterocycles. The summed E-state index contributed by atoms with van der Waals surface area (Å²) in [5.74, 6) is -0.358. The number of rotatable bonds is 2. The highest BCUT2D eigenvalue weighted by Gasteiger charge is 2.07. The van der Waals surface area contributed by atoms with E-state index >= 15 is 0 Å². The second kappa shape index (κ2) is 5.10. The highest BCUT2D eigenvalue weighted by molar-refractivity contribution is 9.10. The topological polar surface area (TPSA) is 39.2 Å². The first kappa shape index (κ1) is 11.8. The number of pyridine rings is 1. The Hall–Kier alpha value is -1.68. The molecule has 1 heterocycles. The van der Waals surface area contributed by atoms with Gasteiger partial charge in [0.2, 0.25) is 0 Å². The van der Waals surface area contributed by atoms with E-state index in [-0.39, 0.29) is 5.97 Å². The largest absolute Gasteiger partial charge is 0.465 e. The van der Waals surface area contributed by atoms with Gasteiger partial charge in [0.25, 0.3) is 0 Å². The fourth-order valence-corrected chi connectivity index (χ4v) is 1.88. The lowest BCUT2D eigenvalue weighted by atomic mass is 10.1. The molecule has 0 fully saturated rings. The second-order valence-electron chi connectivity index (χ2n) is 3.43. The van der Waals surface area contributed by atoms with E-state index in [0.29, 0.717) is 5.56 Å². The predicted octanol–water partition coefficient (Wildman–Crippen LogP) is 3.30. The van der Waals surface area contributed by atoms with Crippen LogP contribution in [0.3, 0.4) is 0 Å². The number of halogens is 1. The van der Waals surface area contributed by atoms with Gasteiger partial charge in [-0.05, 0) is 24.3 Å². The van der Waals surface area contributed by atoms with Crippen molar-refractivity contribution >= 4 is 21.9 Å². The molecule has 0 aliphatic heterocycles. The van der Waals surface area contributed by atoms with Crippen molar-refractivity contribution in [1.82, 2.24) is 4.98 Å². The molecule has 0 atom stereocenters. The Morgan fingerprint density at radius 2 is 2.12 bits per heavy atom. The zero-order chi connectivity index (χ0) is 12.3. The second-order valence-corrected chi connectivity index (χ2v) is 4.35. The van der Waals surface area contributed by atoms with Gasteiger partial charge in [-0.2, -0.15) is 0 Å². The normalized spacial score (nSPS) is 10.0. The number of benzene rings is 1. The highest BCUT2D eigenvalue weighted by Crippen LogP contribution is 2.21. The van der Waals surface area contributed by atoms with Crippen LogP contribution < -0.4 is 0 Å². The maximum absolute atomic E-state index is 11.4. The molecule has 0 bridgehead atoms. The molecule has 86 valence electrons. The standard InChI is InChI=1S/C13H10BrNO2/c1-17-13(16)10-5-6-15-12(8-10)9-3-2-4-11(14)7-9/h2-8H,1H3. The summed E-state index contributed by atoms with van der Waals surface area (Å²) >= 11 is 3.40. The van der Waals surface area contributed by atoms with Crippen molar-refractivity contribution < 1.29 is 9.53 Å². The Morgan fingerprint density at radius 1 is 1.29 bits per heavy atom. The summed E-state index contributed by atoms with van der Waals surface area (Å²) in [4.78, 5) is 15.6. The van der Waals surface area contributed by atoms with E-state index in [2.05, 4.69) is 25.7 Å². The Labute approximate surface area is 108 Å². The van der Waals surface area contributed by atoms with Crippen molar-refractivity contribution in [3.05, 3.63) is 52.6 Å². The van der Waals surface area contributed by atoms with Crippen LogP contribution in [-0.2, 0) is 4.74 Å². The molecule has 1 aromatic heterocycles. The van der Waals surface area contributed by atoms with E-state index in [0.717, 1.165) is 15.7 Å². The molecule has 0 saturated carbocycles. The molecule has 0 aliphatic carbocycles. The molecular formula is C13H10BrNO2. The van der Waals surface area contributed by atoms with Crippen LogP contribution in [-0.4, -0.2) is 18.1 Å². The van der Waals surface area contributed by atoms with Crippen LogP contribution in [0.1, 0.15) is 10.4 Å². The van der Waals surface area contributed by atoms with Crippen LogP contribution in [0, 0.1) is 0 Å². The Balaban J connectivity index is 2.43. The Kier molecular flexibility index (Phi) is 3.54. The minimum Gasteiger partial charge on any atom is -0.465 e. The van der Waals surface area contributed by atoms with Crippen LogP contribution in [0.5, 0.6) is 0 Å². The van der Waals surface area contributed by atoms with Crippen LogP contribution in [0.15, 0.2) is 47.1 Å². The molecule has 2 aromatic rings. The van der Waals surface area contributed by atoms with Gasteiger partial charge in [0, 0.05) is 16.2 Å².